The Bertz CT molecular complexity index is 647. The van der Waals surface area contributed by atoms with Crippen molar-refractivity contribution >= 4 is 22.9 Å². The van der Waals surface area contributed by atoms with Crippen molar-refractivity contribution in [1.82, 2.24) is 9.97 Å². The smallest absolute Gasteiger partial charge is 0.247 e. The maximum absolute atomic E-state index is 12.3. The Morgan fingerprint density at radius 2 is 2.15 bits per heavy atom. The quantitative estimate of drug-likeness (QED) is 0.870. The summed E-state index contributed by atoms with van der Waals surface area (Å²) in [5, 5.41) is 12.0. The van der Waals surface area contributed by atoms with E-state index in [-0.39, 0.29) is 5.91 Å². The highest BCUT2D eigenvalue weighted by Crippen LogP contribution is 2.31. The number of nitriles is 1. The van der Waals surface area contributed by atoms with Crippen LogP contribution in [0.1, 0.15) is 12.8 Å². The highest BCUT2D eigenvalue weighted by molar-refractivity contribution is 5.97. The van der Waals surface area contributed by atoms with Gasteiger partial charge >= 0.3 is 0 Å². The molecule has 0 atom stereocenters. The lowest BCUT2D eigenvalue weighted by atomic mass is 9.81. The van der Waals surface area contributed by atoms with E-state index in [4.69, 9.17) is 4.74 Å². The Hall–Kier alpha value is -2.39. The van der Waals surface area contributed by atoms with Crippen molar-refractivity contribution in [2.45, 2.75) is 12.8 Å². The number of imidazole rings is 1. The fourth-order valence-corrected chi connectivity index (χ4v) is 2.35. The fourth-order valence-electron chi connectivity index (χ4n) is 2.35. The minimum Gasteiger partial charge on any atom is -0.381 e. The molecule has 0 saturated carbocycles. The molecule has 0 bridgehead atoms. The van der Waals surface area contributed by atoms with Crippen LogP contribution in [0.3, 0.4) is 0 Å². The Balaban J connectivity index is 1.82. The number of benzene rings is 1. The molecule has 0 aliphatic carbocycles. The summed E-state index contributed by atoms with van der Waals surface area (Å²) in [7, 11) is 0. The summed E-state index contributed by atoms with van der Waals surface area (Å²) in [6, 6.07) is 9.65. The van der Waals surface area contributed by atoms with Crippen LogP contribution in [0.2, 0.25) is 0 Å². The van der Waals surface area contributed by atoms with Crippen molar-refractivity contribution in [3.05, 3.63) is 24.3 Å². The standard InChI is InChI=1S/C14H14N4O2/c15-9-14(5-7-20-8-6-14)12(19)18-13-16-10-3-1-2-4-11(10)17-13/h1-4H,5-8H2,(H2,16,17,18,19). The monoisotopic (exact) mass is 270 g/mol. The van der Waals surface area contributed by atoms with E-state index in [1.165, 1.54) is 0 Å². The van der Waals surface area contributed by atoms with Crippen molar-refractivity contribution in [3.8, 4) is 6.07 Å². The first kappa shape index (κ1) is 12.6. The van der Waals surface area contributed by atoms with Gasteiger partial charge in [-0.3, -0.25) is 10.1 Å². The van der Waals surface area contributed by atoms with E-state index >= 15 is 0 Å². The second-order valence-electron chi connectivity index (χ2n) is 4.86. The minimum atomic E-state index is -1.02. The molecule has 2 N–H and O–H groups in total. The molecule has 2 heterocycles. The number of para-hydroxylation sites is 2. The highest BCUT2D eigenvalue weighted by Gasteiger charge is 2.40. The number of H-pyrrole nitrogens is 1. The van der Waals surface area contributed by atoms with E-state index in [0.29, 0.717) is 32.0 Å². The number of ether oxygens (including phenoxy) is 1. The van der Waals surface area contributed by atoms with E-state index < -0.39 is 5.41 Å². The number of aromatic nitrogens is 2. The maximum atomic E-state index is 12.3. The number of rotatable bonds is 2. The third-order valence-electron chi connectivity index (χ3n) is 3.62. The SMILES string of the molecule is N#CC1(C(=O)Nc2nc3ccccc3[nH]2)CCOCC1. The van der Waals surface area contributed by atoms with Gasteiger partial charge in [-0.25, -0.2) is 4.98 Å². The molecule has 102 valence electrons. The largest absolute Gasteiger partial charge is 0.381 e. The first-order valence-electron chi connectivity index (χ1n) is 6.49. The third kappa shape index (κ3) is 2.12. The highest BCUT2D eigenvalue weighted by atomic mass is 16.5. The van der Waals surface area contributed by atoms with Crippen LogP contribution in [-0.2, 0) is 9.53 Å². The number of anilines is 1. The summed E-state index contributed by atoms with van der Waals surface area (Å²) in [6.45, 7) is 0.863. The zero-order valence-electron chi connectivity index (χ0n) is 10.8. The van der Waals surface area contributed by atoms with Crippen molar-refractivity contribution in [3.63, 3.8) is 0 Å². The Labute approximate surface area is 115 Å². The average molecular weight is 270 g/mol. The predicted octanol–water partition coefficient (Wildman–Crippen LogP) is 1.82. The first-order valence-corrected chi connectivity index (χ1v) is 6.49. The van der Waals surface area contributed by atoms with Gasteiger partial charge in [-0.05, 0) is 25.0 Å². The van der Waals surface area contributed by atoms with Gasteiger partial charge in [0.05, 0.1) is 17.1 Å². The lowest BCUT2D eigenvalue weighted by Gasteiger charge is -2.28. The Kier molecular flexibility index (Phi) is 3.12. The molecule has 1 aromatic carbocycles. The lowest BCUT2D eigenvalue weighted by molar-refractivity contribution is -0.126. The van der Waals surface area contributed by atoms with Crippen molar-refractivity contribution < 1.29 is 9.53 Å². The topological polar surface area (TPSA) is 90.8 Å². The molecule has 1 amide bonds. The number of amides is 1. The van der Waals surface area contributed by atoms with Crippen LogP contribution in [0.15, 0.2) is 24.3 Å². The van der Waals surface area contributed by atoms with Crippen LogP contribution in [0.25, 0.3) is 11.0 Å². The van der Waals surface area contributed by atoms with Crippen molar-refractivity contribution in [2.75, 3.05) is 18.5 Å². The number of hydrogen-bond donors (Lipinski definition) is 2. The second kappa shape index (κ2) is 4.94. The van der Waals surface area contributed by atoms with Crippen LogP contribution < -0.4 is 5.32 Å². The molecule has 1 saturated heterocycles. The summed E-state index contributed by atoms with van der Waals surface area (Å²) >= 11 is 0. The van der Waals surface area contributed by atoms with Crippen molar-refractivity contribution in [2.24, 2.45) is 5.41 Å². The van der Waals surface area contributed by atoms with Gasteiger partial charge in [0.15, 0.2) is 0 Å². The van der Waals surface area contributed by atoms with Crippen LogP contribution in [-0.4, -0.2) is 29.1 Å². The normalized spacial score (nSPS) is 17.6. The number of carbonyl (C=O) groups excluding carboxylic acids is 1. The molecule has 1 aromatic heterocycles. The molecule has 6 heteroatoms. The Morgan fingerprint density at radius 1 is 1.40 bits per heavy atom. The molecule has 1 aliphatic rings. The average Bonchev–Trinajstić information content (AvgIpc) is 2.90. The fraction of sp³-hybridized carbons (Fsp3) is 0.357. The van der Waals surface area contributed by atoms with Gasteiger partial charge in [-0.2, -0.15) is 5.26 Å². The number of nitrogens with one attached hydrogen (secondary N) is 2. The predicted molar refractivity (Wildman–Crippen MR) is 72.8 cm³/mol. The summed E-state index contributed by atoms with van der Waals surface area (Å²) in [5.41, 5.74) is 0.610. The molecule has 6 nitrogen and oxygen atoms in total. The number of carbonyl (C=O) groups is 1. The van der Waals surface area contributed by atoms with Crippen LogP contribution >= 0.6 is 0 Å². The van der Waals surface area contributed by atoms with Gasteiger partial charge in [0.1, 0.15) is 5.41 Å². The second-order valence-corrected chi connectivity index (χ2v) is 4.86. The molecule has 1 aliphatic heterocycles. The number of fused-ring (bicyclic) bond motifs is 1. The van der Waals surface area contributed by atoms with E-state index in [9.17, 15) is 10.1 Å². The minimum absolute atomic E-state index is 0.317. The van der Waals surface area contributed by atoms with Gasteiger partial charge in [-0.15, -0.1) is 0 Å². The summed E-state index contributed by atoms with van der Waals surface area (Å²) < 4.78 is 5.22. The summed E-state index contributed by atoms with van der Waals surface area (Å²) in [6.07, 6.45) is 0.825. The number of aromatic amines is 1. The molecule has 1 fully saturated rings. The van der Waals surface area contributed by atoms with Gasteiger partial charge < -0.3 is 9.72 Å². The molecule has 0 radical (unpaired) electrons. The van der Waals surface area contributed by atoms with E-state index in [1.807, 2.05) is 24.3 Å². The molecule has 0 spiro atoms. The Morgan fingerprint density at radius 3 is 2.85 bits per heavy atom. The maximum Gasteiger partial charge on any atom is 0.247 e. The number of hydrogen-bond acceptors (Lipinski definition) is 4. The van der Waals surface area contributed by atoms with Crippen LogP contribution in [0.4, 0.5) is 5.95 Å². The van der Waals surface area contributed by atoms with Gasteiger partial charge in [0.2, 0.25) is 11.9 Å². The van der Waals surface area contributed by atoms with Crippen LogP contribution in [0, 0.1) is 16.7 Å². The number of nitrogens with zero attached hydrogens (tertiary/aromatic N) is 2. The lowest BCUT2D eigenvalue weighted by Crippen LogP contribution is -2.40. The van der Waals surface area contributed by atoms with E-state index in [1.54, 1.807) is 0 Å². The van der Waals surface area contributed by atoms with Gasteiger partial charge in [-0.1, -0.05) is 12.1 Å². The zero-order valence-corrected chi connectivity index (χ0v) is 10.8. The van der Waals surface area contributed by atoms with Crippen LogP contribution in [0.5, 0.6) is 0 Å². The zero-order chi connectivity index (χ0) is 14.0. The molecule has 3 rings (SSSR count). The van der Waals surface area contributed by atoms with Gasteiger partial charge in [0, 0.05) is 13.2 Å². The molecular weight excluding hydrogens is 256 g/mol. The first-order chi connectivity index (χ1) is 9.73. The molecular formula is C14H14N4O2. The van der Waals surface area contributed by atoms with Crippen molar-refractivity contribution in [1.29, 1.82) is 5.26 Å². The molecule has 20 heavy (non-hydrogen) atoms. The summed E-state index contributed by atoms with van der Waals surface area (Å²) in [5.74, 6) is 0.0553. The summed E-state index contributed by atoms with van der Waals surface area (Å²) in [4.78, 5) is 19.7. The third-order valence-corrected chi connectivity index (χ3v) is 3.62. The van der Waals surface area contributed by atoms with E-state index in [0.717, 1.165) is 11.0 Å². The van der Waals surface area contributed by atoms with E-state index in [2.05, 4.69) is 21.4 Å². The molecule has 0 unspecified atom stereocenters. The van der Waals surface area contributed by atoms with Gasteiger partial charge in [0.25, 0.3) is 0 Å². The molecule has 2 aromatic rings.